The third-order valence-corrected chi connectivity index (χ3v) is 4.86. The molecule has 3 aromatic rings. The number of alkyl carbamates (subject to hydrolysis) is 1. The van der Waals surface area contributed by atoms with Gasteiger partial charge in [0, 0.05) is 28.9 Å². The van der Waals surface area contributed by atoms with Crippen LogP contribution in [0.4, 0.5) is 9.59 Å². The van der Waals surface area contributed by atoms with Crippen LogP contribution in [0.5, 0.6) is 5.75 Å². The first-order valence-corrected chi connectivity index (χ1v) is 11.2. The average molecular weight is 460 g/mol. The van der Waals surface area contributed by atoms with Gasteiger partial charge in [-0.15, -0.1) is 11.3 Å². The molecule has 0 aliphatic heterocycles. The molecule has 8 nitrogen and oxygen atoms in total. The fraction of sp³-hybridized carbons (Fsp3) is 0.435. The lowest BCUT2D eigenvalue weighted by Crippen LogP contribution is -2.35. The smallest absolute Gasteiger partial charge is 0.444 e. The number of aromatic nitrogens is 2. The van der Waals surface area contributed by atoms with Crippen molar-refractivity contribution >= 4 is 34.5 Å². The Morgan fingerprint density at radius 3 is 2.47 bits per heavy atom. The summed E-state index contributed by atoms with van der Waals surface area (Å²) in [4.78, 5) is 32.0. The van der Waals surface area contributed by atoms with E-state index in [4.69, 9.17) is 14.2 Å². The fourth-order valence-electron chi connectivity index (χ4n) is 3.05. The van der Waals surface area contributed by atoms with Gasteiger partial charge < -0.3 is 24.5 Å². The lowest BCUT2D eigenvalue weighted by Gasteiger charge is -2.23. The lowest BCUT2D eigenvalue weighted by atomic mass is 10.0. The van der Waals surface area contributed by atoms with E-state index in [1.165, 1.54) is 11.3 Å². The molecule has 9 heteroatoms. The maximum atomic E-state index is 12.4. The maximum absolute atomic E-state index is 12.4. The first kappa shape index (κ1) is 23.6. The Balaban J connectivity index is 1.81. The summed E-state index contributed by atoms with van der Waals surface area (Å²) in [5.74, 6) is 0.373. The average Bonchev–Trinajstić information content (AvgIpc) is 3.28. The SMILES string of the molecule is CC(C)(C)OC(=O)NC(Cc1c[nH]c2ccc(OC(=O)OC(C)(C)C)cc12)c1cscn1. The van der Waals surface area contributed by atoms with Crippen molar-refractivity contribution in [1.82, 2.24) is 15.3 Å². The second kappa shape index (κ2) is 9.20. The van der Waals surface area contributed by atoms with Gasteiger partial charge in [-0.2, -0.15) is 0 Å². The third-order valence-electron chi connectivity index (χ3n) is 4.25. The molecule has 1 unspecified atom stereocenters. The van der Waals surface area contributed by atoms with E-state index in [1.54, 1.807) is 38.4 Å². The van der Waals surface area contributed by atoms with Crippen molar-refractivity contribution in [1.29, 1.82) is 0 Å². The molecule has 2 heterocycles. The summed E-state index contributed by atoms with van der Waals surface area (Å²) in [5.41, 5.74) is 3.03. The molecule has 1 atom stereocenters. The highest BCUT2D eigenvalue weighted by Crippen LogP contribution is 2.28. The van der Waals surface area contributed by atoms with Crippen molar-refractivity contribution in [2.45, 2.75) is 65.2 Å². The second-order valence-corrected chi connectivity index (χ2v) is 10.1. The van der Waals surface area contributed by atoms with Crippen LogP contribution in [-0.4, -0.2) is 33.4 Å². The van der Waals surface area contributed by atoms with Crippen molar-refractivity contribution in [3.8, 4) is 5.75 Å². The van der Waals surface area contributed by atoms with E-state index in [2.05, 4.69) is 15.3 Å². The summed E-state index contributed by atoms with van der Waals surface area (Å²) in [6.07, 6.45) is 1.07. The third kappa shape index (κ3) is 6.71. The molecule has 1 aromatic carbocycles. The Hall–Kier alpha value is -3.07. The Morgan fingerprint density at radius 1 is 1.12 bits per heavy atom. The number of rotatable bonds is 5. The van der Waals surface area contributed by atoms with Crippen LogP contribution < -0.4 is 10.1 Å². The van der Waals surface area contributed by atoms with Crippen molar-refractivity contribution in [2.75, 3.05) is 0 Å². The zero-order chi connectivity index (χ0) is 23.5. The predicted octanol–water partition coefficient (Wildman–Crippen LogP) is 5.75. The van der Waals surface area contributed by atoms with E-state index in [9.17, 15) is 9.59 Å². The van der Waals surface area contributed by atoms with Gasteiger partial charge in [0.1, 0.15) is 17.0 Å². The number of nitrogens with one attached hydrogen (secondary N) is 2. The Bertz CT molecular complexity index is 1080. The van der Waals surface area contributed by atoms with Gasteiger partial charge in [0.15, 0.2) is 0 Å². The number of thiazole rings is 1. The molecule has 0 radical (unpaired) electrons. The van der Waals surface area contributed by atoms with Gasteiger partial charge >= 0.3 is 12.2 Å². The van der Waals surface area contributed by atoms with Gasteiger partial charge in [0.2, 0.25) is 0 Å². The number of carbonyl (C=O) groups excluding carboxylic acids is 2. The van der Waals surface area contributed by atoms with E-state index in [0.29, 0.717) is 12.2 Å². The molecule has 0 bridgehead atoms. The number of carbonyl (C=O) groups is 2. The van der Waals surface area contributed by atoms with Crippen molar-refractivity contribution in [3.05, 3.63) is 46.5 Å². The van der Waals surface area contributed by atoms with Crippen molar-refractivity contribution < 1.29 is 23.8 Å². The highest BCUT2D eigenvalue weighted by Gasteiger charge is 2.23. The summed E-state index contributed by atoms with van der Waals surface area (Å²) in [6, 6.07) is 4.92. The lowest BCUT2D eigenvalue weighted by molar-refractivity contribution is 0.0206. The number of hydrogen-bond donors (Lipinski definition) is 2. The van der Waals surface area contributed by atoms with E-state index < -0.39 is 23.5 Å². The van der Waals surface area contributed by atoms with Gasteiger partial charge in [0.25, 0.3) is 0 Å². The molecular weight excluding hydrogens is 430 g/mol. The van der Waals surface area contributed by atoms with Crippen LogP contribution in [0.2, 0.25) is 0 Å². The minimum Gasteiger partial charge on any atom is -0.444 e. The minimum absolute atomic E-state index is 0.373. The van der Waals surface area contributed by atoms with Crippen LogP contribution in [0.3, 0.4) is 0 Å². The largest absolute Gasteiger partial charge is 0.514 e. The molecule has 3 rings (SSSR count). The zero-order valence-electron chi connectivity index (χ0n) is 19.1. The van der Waals surface area contributed by atoms with Crippen LogP contribution in [0.15, 0.2) is 35.3 Å². The zero-order valence-corrected chi connectivity index (χ0v) is 20.0. The van der Waals surface area contributed by atoms with E-state index in [0.717, 1.165) is 22.2 Å². The minimum atomic E-state index is -0.763. The summed E-state index contributed by atoms with van der Waals surface area (Å²) >= 11 is 1.46. The van der Waals surface area contributed by atoms with Crippen LogP contribution >= 0.6 is 11.3 Å². The molecular formula is C23H29N3O5S. The predicted molar refractivity (Wildman–Crippen MR) is 123 cm³/mol. The van der Waals surface area contributed by atoms with Crippen LogP contribution in [-0.2, 0) is 15.9 Å². The number of benzene rings is 1. The molecule has 0 aliphatic carbocycles. The topological polar surface area (TPSA) is 103 Å². The highest BCUT2D eigenvalue weighted by molar-refractivity contribution is 7.07. The molecule has 0 aliphatic rings. The summed E-state index contributed by atoms with van der Waals surface area (Å²) in [5, 5.41) is 5.68. The Morgan fingerprint density at radius 2 is 1.84 bits per heavy atom. The van der Waals surface area contributed by atoms with E-state index >= 15 is 0 Å². The molecule has 32 heavy (non-hydrogen) atoms. The molecule has 0 saturated carbocycles. The first-order valence-electron chi connectivity index (χ1n) is 10.3. The summed E-state index contributed by atoms with van der Waals surface area (Å²) in [7, 11) is 0. The number of H-pyrrole nitrogens is 1. The van der Waals surface area contributed by atoms with Crippen molar-refractivity contribution in [3.63, 3.8) is 0 Å². The first-order chi connectivity index (χ1) is 14.9. The number of hydrogen-bond acceptors (Lipinski definition) is 7. The van der Waals surface area contributed by atoms with Crippen LogP contribution in [0.1, 0.15) is 58.8 Å². The molecule has 0 fully saturated rings. The normalized spacial score (nSPS) is 12.9. The standard InChI is InChI=1S/C23H29N3O5S/c1-22(2,3)30-20(27)26-18(19-12-32-13-25-19)9-14-11-24-17-8-7-15(10-16(14)17)29-21(28)31-23(4,5)6/h7-8,10-13,18,24H,9H2,1-6H3,(H,26,27). The number of ether oxygens (including phenoxy) is 3. The van der Waals surface area contributed by atoms with E-state index in [-0.39, 0.29) is 6.04 Å². The van der Waals surface area contributed by atoms with Gasteiger partial charge in [-0.25, -0.2) is 14.6 Å². The summed E-state index contributed by atoms with van der Waals surface area (Å²) < 4.78 is 16.0. The molecule has 0 saturated heterocycles. The van der Waals surface area contributed by atoms with Gasteiger partial charge in [-0.1, -0.05) is 0 Å². The Kier molecular flexibility index (Phi) is 6.78. The molecule has 1 amide bonds. The monoisotopic (exact) mass is 459 g/mol. The van der Waals surface area contributed by atoms with E-state index in [1.807, 2.05) is 38.4 Å². The van der Waals surface area contributed by atoms with Crippen LogP contribution in [0, 0.1) is 0 Å². The van der Waals surface area contributed by atoms with Gasteiger partial charge in [0.05, 0.1) is 17.2 Å². The molecule has 0 spiro atoms. The van der Waals surface area contributed by atoms with Gasteiger partial charge in [-0.05, 0) is 65.3 Å². The highest BCUT2D eigenvalue weighted by atomic mass is 32.1. The van der Waals surface area contributed by atoms with Crippen LogP contribution in [0.25, 0.3) is 10.9 Å². The fourth-order valence-corrected chi connectivity index (χ4v) is 3.66. The Labute approximate surface area is 191 Å². The number of amides is 1. The maximum Gasteiger partial charge on any atom is 0.514 e. The second-order valence-electron chi connectivity index (χ2n) is 9.40. The summed E-state index contributed by atoms with van der Waals surface area (Å²) in [6.45, 7) is 10.8. The van der Waals surface area contributed by atoms with Gasteiger partial charge in [-0.3, -0.25) is 0 Å². The molecule has 172 valence electrons. The molecule has 2 aromatic heterocycles. The quantitative estimate of drug-likeness (QED) is 0.372. The van der Waals surface area contributed by atoms with Crippen molar-refractivity contribution in [2.24, 2.45) is 0 Å². The number of fused-ring (bicyclic) bond motifs is 1. The number of aromatic amines is 1. The number of nitrogens with zero attached hydrogens (tertiary/aromatic N) is 1. The molecule has 2 N–H and O–H groups in total.